The third kappa shape index (κ3) is 4.16. The van der Waals surface area contributed by atoms with Crippen LogP contribution in [0.1, 0.15) is 51.0 Å². The van der Waals surface area contributed by atoms with Gasteiger partial charge in [0.25, 0.3) is 0 Å². The molecule has 1 aromatic rings. The van der Waals surface area contributed by atoms with Gasteiger partial charge < -0.3 is 0 Å². The SMILES string of the molecule is CCC(=O)CCc1ccc(SC2CCCC2)cc1. The van der Waals surface area contributed by atoms with Crippen molar-refractivity contribution in [3.8, 4) is 0 Å². The van der Waals surface area contributed by atoms with Gasteiger partial charge in [0.05, 0.1) is 0 Å². The van der Waals surface area contributed by atoms with Gasteiger partial charge >= 0.3 is 0 Å². The standard InChI is InChI=1S/C16H22OS/c1-2-14(17)10-7-13-8-11-16(12-9-13)18-15-5-3-4-6-15/h8-9,11-12,15H,2-7,10H2,1H3. The molecule has 0 amide bonds. The molecule has 98 valence electrons. The Hall–Kier alpha value is -0.760. The van der Waals surface area contributed by atoms with Gasteiger partial charge in [-0.3, -0.25) is 4.79 Å². The second-order valence-electron chi connectivity index (χ2n) is 5.06. The van der Waals surface area contributed by atoms with Crippen molar-refractivity contribution in [1.82, 2.24) is 0 Å². The summed E-state index contributed by atoms with van der Waals surface area (Å²) in [6.45, 7) is 1.93. The molecule has 18 heavy (non-hydrogen) atoms. The van der Waals surface area contributed by atoms with E-state index in [4.69, 9.17) is 0 Å². The van der Waals surface area contributed by atoms with Gasteiger partial charge in [-0.25, -0.2) is 0 Å². The molecule has 0 bridgehead atoms. The molecule has 2 rings (SSSR count). The monoisotopic (exact) mass is 262 g/mol. The van der Waals surface area contributed by atoms with E-state index in [2.05, 4.69) is 24.3 Å². The van der Waals surface area contributed by atoms with Crippen LogP contribution in [-0.2, 0) is 11.2 Å². The molecular weight excluding hydrogens is 240 g/mol. The minimum Gasteiger partial charge on any atom is -0.300 e. The number of hydrogen-bond acceptors (Lipinski definition) is 2. The lowest BCUT2D eigenvalue weighted by molar-refractivity contribution is -0.118. The Labute approximate surface area is 114 Å². The molecule has 0 radical (unpaired) electrons. The smallest absolute Gasteiger partial charge is 0.132 e. The summed E-state index contributed by atoms with van der Waals surface area (Å²) in [5.41, 5.74) is 1.28. The normalized spacial score (nSPS) is 16.1. The van der Waals surface area contributed by atoms with Gasteiger partial charge in [-0.1, -0.05) is 31.9 Å². The quantitative estimate of drug-likeness (QED) is 0.743. The molecule has 0 heterocycles. The van der Waals surface area contributed by atoms with Crippen molar-refractivity contribution in [3.63, 3.8) is 0 Å². The van der Waals surface area contributed by atoms with E-state index in [-0.39, 0.29) is 0 Å². The van der Waals surface area contributed by atoms with Crippen molar-refractivity contribution in [2.24, 2.45) is 0 Å². The summed E-state index contributed by atoms with van der Waals surface area (Å²) in [5, 5.41) is 0.831. The van der Waals surface area contributed by atoms with E-state index in [0.29, 0.717) is 18.6 Å². The van der Waals surface area contributed by atoms with Crippen LogP contribution in [0, 0.1) is 0 Å². The number of rotatable bonds is 6. The van der Waals surface area contributed by atoms with Crippen LogP contribution in [-0.4, -0.2) is 11.0 Å². The number of thioether (sulfide) groups is 1. The zero-order valence-corrected chi connectivity index (χ0v) is 12.0. The molecule has 0 aliphatic heterocycles. The van der Waals surface area contributed by atoms with Crippen LogP contribution in [0.2, 0.25) is 0 Å². The number of aryl methyl sites for hydroxylation is 1. The molecule has 0 spiro atoms. The van der Waals surface area contributed by atoms with Crippen molar-refractivity contribution in [1.29, 1.82) is 0 Å². The lowest BCUT2D eigenvalue weighted by Gasteiger charge is -2.09. The summed E-state index contributed by atoms with van der Waals surface area (Å²) in [4.78, 5) is 12.7. The summed E-state index contributed by atoms with van der Waals surface area (Å²) in [5.74, 6) is 0.361. The van der Waals surface area contributed by atoms with Crippen LogP contribution >= 0.6 is 11.8 Å². The molecule has 1 fully saturated rings. The number of carbonyl (C=O) groups is 1. The molecule has 0 saturated heterocycles. The second-order valence-corrected chi connectivity index (χ2v) is 6.43. The molecule has 1 aliphatic rings. The highest BCUT2D eigenvalue weighted by Gasteiger charge is 2.15. The Bertz CT molecular complexity index is 377. The summed E-state index contributed by atoms with van der Waals surface area (Å²) in [6, 6.07) is 8.80. The van der Waals surface area contributed by atoms with Crippen molar-refractivity contribution in [2.75, 3.05) is 0 Å². The molecule has 0 unspecified atom stereocenters. The van der Waals surface area contributed by atoms with Crippen LogP contribution in [0.4, 0.5) is 0 Å². The van der Waals surface area contributed by atoms with Crippen LogP contribution < -0.4 is 0 Å². The maximum Gasteiger partial charge on any atom is 0.132 e. The predicted octanol–water partition coefficient (Wildman–Crippen LogP) is 4.63. The van der Waals surface area contributed by atoms with Gasteiger partial charge in [0.15, 0.2) is 0 Å². The van der Waals surface area contributed by atoms with Crippen molar-refractivity contribution < 1.29 is 4.79 Å². The van der Waals surface area contributed by atoms with Gasteiger partial charge in [-0.15, -0.1) is 11.8 Å². The second kappa shape index (κ2) is 6.98. The van der Waals surface area contributed by atoms with E-state index in [0.717, 1.165) is 11.7 Å². The van der Waals surface area contributed by atoms with Crippen molar-refractivity contribution in [2.45, 2.75) is 62.0 Å². The van der Waals surface area contributed by atoms with E-state index >= 15 is 0 Å². The highest BCUT2D eigenvalue weighted by molar-refractivity contribution is 8.00. The molecule has 0 aromatic heterocycles. The Morgan fingerprint density at radius 1 is 1.22 bits per heavy atom. The van der Waals surface area contributed by atoms with Gasteiger partial charge in [0, 0.05) is 23.0 Å². The summed E-state index contributed by atoms with van der Waals surface area (Å²) in [7, 11) is 0. The highest BCUT2D eigenvalue weighted by atomic mass is 32.2. The number of ketones is 1. The maximum atomic E-state index is 11.3. The fraction of sp³-hybridized carbons (Fsp3) is 0.562. The Morgan fingerprint density at radius 3 is 2.50 bits per heavy atom. The first-order valence-electron chi connectivity index (χ1n) is 7.05. The molecule has 1 aliphatic carbocycles. The average molecular weight is 262 g/mol. The topological polar surface area (TPSA) is 17.1 Å². The fourth-order valence-electron chi connectivity index (χ4n) is 2.39. The number of carbonyl (C=O) groups excluding carboxylic acids is 1. The van der Waals surface area contributed by atoms with Gasteiger partial charge in [0.2, 0.25) is 0 Å². The number of hydrogen-bond donors (Lipinski definition) is 0. The number of Topliss-reactive ketones (excluding diaryl/α,β-unsaturated/α-hetero) is 1. The van der Waals surface area contributed by atoms with Crippen molar-refractivity contribution >= 4 is 17.5 Å². The third-order valence-corrected chi connectivity index (χ3v) is 4.96. The molecule has 1 saturated carbocycles. The molecule has 1 aromatic carbocycles. The Morgan fingerprint density at radius 2 is 1.89 bits per heavy atom. The lowest BCUT2D eigenvalue weighted by Crippen LogP contribution is -1.98. The zero-order valence-electron chi connectivity index (χ0n) is 11.2. The van der Waals surface area contributed by atoms with E-state index in [1.165, 1.54) is 36.1 Å². The van der Waals surface area contributed by atoms with E-state index in [9.17, 15) is 4.79 Å². The molecule has 0 N–H and O–H groups in total. The minimum absolute atomic E-state index is 0.361. The van der Waals surface area contributed by atoms with Crippen LogP contribution in [0.15, 0.2) is 29.2 Å². The van der Waals surface area contributed by atoms with Gasteiger partial charge in [-0.2, -0.15) is 0 Å². The van der Waals surface area contributed by atoms with Crippen LogP contribution in [0.3, 0.4) is 0 Å². The first kappa shape index (κ1) is 13.7. The molecule has 0 atom stereocenters. The van der Waals surface area contributed by atoms with E-state index in [1.807, 2.05) is 18.7 Å². The highest BCUT2D eigenvalue weighted by Crippen LogP contribution is 2.34. The van der Waals surface area contributed by atoms with Gasteiger partial charge in [0.1, 0.15) is 5.78 Å². The fourth-order valence-corrected chi connectivity index (χ4v) is 3.64. The van der Waals surface area contributed by atoms with Crippen LogP contribution in [0.5, 0.6) is 0 Å². The molecule has 2 heteroatoms. The van der Waals surface area contributed by atoms with Crippen molar-refractivity contribution in [3.05, 3.63) is 29.8 Å². The minimum atomic E-state index is 0.361. The summed E-state index contributed by atoms with van der Waals surface area (Å²) < 4.78 is 0. The largest absolute Gasteiger partial charge is 0.300 e. The zero-order chi connectivity index (χ0) is 12.8. The summed E-state index contributed by atoms with van der Waals surface area (Å²) >= 11 is 2.02. The first-order chi connectivity index (χ1) is 8.78. The van der Waals surface area contributed by atoms with E-state index in [1.54, 1.807) is 0 Å². The lowest BCUT2D eigenvalue weighted by atomic mass is 10.1. The third-order valence-electron chi connectivity index (χ3n) is 3.62. The Kier molecular flexibility index (Phi) is 5.30. The molecule has 1 nitrogen and oxygen atoms in total. The van der Waals surface area contributed by atoms with Gasteiger partial charge in [-0.05, 0) is 37.0 Å². The van der Waals surface area contributed by atoms with Crippen LogP contribution in [0.25, 0.3) is 0 Å². The Balaban J connectivity index is 1.82. The summed E-state index contributed by atoms with van der Waals surface area (Å²) in [6.07, 6.45) is 7.78. The predicted molar refractivity (Wildman–Crippen MR) is 78.2 cm³/mol. The maximum absolute atomic E-state index is 11.3. The number of benzene rings is 1. The first-order valence-corrected chi connectivity index (χ1v) is 7.93. The molecular formula is C16H22OS. The average Bonchev–Trinajstić information content (AvgIpc) is 2.90. The van der Waals surface area contributed by atoms with E-state index < -0.39 is 0 Å².